The molecule has 0 bridgehead atoms. The van der Waals surface area contributed by atoms with Gasteiger partial charge < -0.3 is 10.0 Å². The van der Waals surface area contributed by atoms with E-state index in [2.05, 4.69) is 5.10 Å². The van der Waals surface area contributed by atoms with Crippen LogP contribution in [0.1, 0.15) is 43.2 Å². The number of amides is 1. The van der Waals surface area contributed by atoms with Gasteiger partial charge in [-0.15, -0.1) is 0 Å². The lowest BCUT2D eigenvalue weighted by atomic mass is 10.1. The number of hydrogen-bond donors (Lipinski definition) is 1. The van der Waals surface area contributed by atoms with Crippen molar-refractivity contribution in [2.45, 2.75) is 37.6 Å². The maximum absolute atomic E-state index is 11.3. The molecular formula is C16H18N4O4. The number of likely N-dealkylation sites (tertiary alicyclic amines) is 1. The van der Waals surface area contributed by atoms with Crippen LogP contribution in [0.2, 0.25) is 0 Å². The van der Waals surface area contributed by atoms with Gasteiger partial charge in [-0.2, -0.15) is 5.10 Å². The number of fused-ring (bicyclic) bond motifs is 1. The van der Waals surface area contributed by atoms with Crippen LogP contribution < -0.4 is 0 Å². The molecule has 2 heterocycles. The van der Waals surface area contributed by atoms with Gasteiger partial charge in [0.25, 0.3) is 5.69 Å². The lowest BCUT2D eigenvalue weighted by molar-refractivity contribution is -0.385. The third-order valence-electron chi connectivity index (χ3n) is 4.99. The van der Waals surface area contributed by atoms with Crippen molar-refractivity contribution in [3.8, 4) is 0 Å². The molecule has 2 aliphatic rings. The zero-order valence-electron chi connectivity index (χ0n) is 13.1. The number of aromatic nitrogens is 2. The van der Waals surface area contributed by atoms with Crippen LogP contribution >= 0.6 is 0 Å². The number of carbonyl (C=O) groups is 1. The Balaban J connectivity index is 1.64. The van der Waals surface area contributed by atoms with Crippen molar-refractivity contribution in [3.05, 3.63) is 34.0 Å². The van der Waals surface area contributed by atoms with Gasteiger partial charge in [0.15, 0.2) is 0 Å². The zero-order valence-corrected chi connectivity index (χ0v) is 13.1. The minimum Gasteiger partial charge on any atom is -0.465 e. The molecule has 0 unspecified atom stereocenters. The third-order valence-corrected chi connectivity index (χ3v) is 4.99. The van der Waals surface area contributed by atoms with Crippen molar-refractivity contribution in [3.63, 3.8) is 0 Å². The fourth-order valence-electron chi connectivity index (χ4n) is 3.48. The standard InChI is InChI=1S/C16H18N4O4/c21-16(22)18-5-3-12(4-6-18)19-9-11-7-15(20(23)24)13(10-1-2-10)8-14(11)17-19/h7-10,12H,1-6H2,(H,21,22). The zero-order chi connectivity index (χ0) is 16.8. The van der Waals surface area contributed by atoms with Gasteiger partial charge in [0, 0.05) is 36.3 Å². The second-order valence-electron chi connectivity index (χ2n) is 6.61. The molecule has 1 aliphatic heterocycles. The van der Waals surface area contributed by atoms with Crippen molar-refractivity contribution in [2.24, 2.45) is 0 Å². The summed E-state index contributed by atoms with van der Waals surface area (Å²) in [5.41, 5.74) is 1.76. The second kappa shape index (κ2) is 5.47. The Morgan fingerprint density at radius 1 is 1.25 bits per heavy atom. The number of benzene rings is 1. The molecule has 2 aromatic rings. The molecule has 2 fully saturated rings. The van der Waals surface area contributed by atoms with Crippen LogP contribution in [0.25, 0.3) is 10.9 Å². The molecule has 24 heavy (non-hydrogen) atoms. The van der Waals surface area contributed by atoms with Crippen LogP contribution in [0.5, 0.6) is 0 Å². The van der Waals surface area contributed by atoms with Crippen molar-refractivity contribution in [1.29, 1.82) is 0 Å². The SMILES string of the molecule is O=C(O)N1CCC(n2cc3cc([N+](=O)[O-])c(C4CC4)cc3n2)CC1. The molecule has 1 saturated carbocycles. The molecule has 1 aromatic heterocycles. The van der Waals surface area contributed by atoms with Crippen LogP contribution in [-0.2, 0) is 0 Å². The van der Waals surface area contributed by atoms with E-state index in [0.29, 0.717) is 31.8 Å². The molecule has 1 saturated heterocycles. The Morgan fingerprint density at radius 3 is 2.54 bits per heavy atom. The molecule has 1 N–H and O–H groups in total. The maximum Gasteiger partial charge on any atom is 0.407 e. The Morgan fingerprint density at radius 2 is 1.96 bits per heavy atom. The van der Waals surface area contributed by atoms with Crippen molar-refractivity contribution in [2.75, 3.05) is 13.1 Å². The van der Waals surface area contributed by atoms with E-state index >= 15 is 0 Å². The summed E-state index contributed by atoms with van der Waals surface area (Å²) in [5.74, 6) is 0.291. The van der Waals surface area contributed by atoms with E-state index in [0.717, 1.165) is 29.3 Å². The largest absolute Gasteiger partial charge is 0.465 e. The number of piperidine rings is 1. The maximum atomic E-state index is 11.3. The summed E-state index contributed by atoms with van der Waals surface area (Å²) in [6, 6.07) is 3.61. The lowest BCUT2D eigenvalue weighted by Gasteiger charge is -2.29. The first-order valence-corrected chi connectivity index (χ1v) is 8.18. The van der Waals surface area contributed by atoms with Crippen LogP contribution in [-0.4, -0.2) is 43.9 Å². The fraction of sp³-hybridized carbons (Fsp3) is 0.500. The van der Waals surface area contributed by atoms with E-state index in [-0.39, 0.29) is 16.7 Å². The van der Waals surface area contributed by atoms with Gasteiger partial charge in [0.2, 0.25) is 0 Å². The Bertz CT molecular complexity index is 819. The number of nitrogens with zero attached hydrogens (tertiary/aromatic N) is 4. The van der Waals surface area contributed by atoms with Gasteiger partial charge in [-0.3, -0.25) is 14.8 Å². The summed E-state index contributed by atoms with van der Waals surface area (Å²) in [5, 5.41) is 25.7. The highest BCUT2D eigenvalue weighted by molar-refractivity contribution is 5.82. The quantitative estimate of drug-likeness (QED) is 0.688. The first-order chi connectivity index (χ1) is 11.5. The number of nitro groups is 1. The number of rotatable bonds is 3. The van der Waals surface area contributed by atoms with E-state index in [1.54, 1.807) is 6.07 Å². The normalized spacial score (nSPS) is 18.9. The van der Waals surface area contributed by atoms with Crippen LogP contribution in [0.15, 0.2) is 18.3 Å². The molecule has 1 aromatic carbocycles. The molecule has 4 rings (SSSR count). The van der Waals surface area contributed by atoms with Gasteiger partial charge in [0.1, 0.15) is 0 Å². The highest BCUT2D eigenvalue weighted by atomic mass is 16.6. The predicted octanol–water partition coefficient (Wildman–Crippen LogP) is 3.14. The van der Waals surface area contributed by atoms with E-state index in [9.17, 15) is 14.9 Å². The first-order valence-electron chi connectivity index (χ1n) is 8.18. The molecule has 0 spiro atoms. The highest BCUT2D eigenvalue weighted by Gasteiger charge is 2.32. The number of nitro benzene ring substituents is 1. The third kappa shape index (κ3) is 2.57. The fourth-order valence-corrected chi connectivity index (χ4v) is 3.48. The summed E-state index contributed by atoms with van der Waals surface area (Å²) in [7, 11) is 0. The van der Waals surface area contributed by atoms with Crippen molar-refractivity contribution < 1.29 is 14.8 Å². The molecule has 8 nitrogen and oxygen atoms in total. The summed E-state index contributed by atoms with van der Waals surface area (Å²) in [6.07, 6.45) is 4.38. The highest BCUT2D eigenvalue weighted by Crippen LogP contribution is 2.45. The van der Waals surface area contributed by atoms with E-state index < -0.39 is 6.09 Å². The molecule has 1 amide bonds. The van der Waals surface area contributed by atoms with E-state index in [1.807, 2.05) is 16.9 Å². The van der Waals surface area contributed by atoms with Gasteiger partial charge in [0.05, 0.1) is 16.5 Å². The van der Waals surface area contributed by atoms with Crippen LogP contribution in [0.3, 0.4) is 0 Å². The van der Waals surface area contributed by atoms with Crippen molar-refractivity contribution in [1.82, 2.24) is 14.7 Å². The Hall–Kier alpha value is -2.64. The lowest BCUT2D eigenvalue weighted by Crippen LogP contribution is -2.38. The molecule has 0 radical (unpaired) electrons. The number of carboxylic acid groups (broad SMARTS) is 1. The smallest absolute Gasteiger partial charge is 0.407 e. The molecule has 8 heteroatoms. The average Bonchev–Trinajstić information content (AvgIpc) is 3.32. The minimum absolute atomic E-state index is 0.136. The minimum atomic E-state index is -0.885. The summed E-state index contributed by atoms with van der Waals surface area (Å²) in [6.45, 7) is 0.980. The van der Waals surface area contributed by atoms with Gasteiger partial charge in [-0.1, -0.05) is 0 Å². The van der Waals surface area contributed by atoms with Gasteiger partial charge in [-0.25, -0.2) is 4.79 Å². The van der Waals surface area contributed by atoms with E-state index in [1.165, 1.54) is 4.90 Å². The topological polar surface area (TPSA) is 102 Å². The summed E-state index contributed by atoms with van der Waals surface area (Å²) < 4.78 is 1.85. The van der Waals surface area contributed by atoms with Crippen molar-refractivity contribution >= 4 is 22.7 Å². The predicted molar refractivity (Wildman–Crippen MR) is 86.2 cm³/mol. The van der Waals surface area contributed by atoms with Gasteiger partial charge in [-0.05, 0) is 37.7 Å². The monoisotopic (exact) mass is 330 g/mol. The number of hydrogen-bond acceptors (Lipinski definition) is 4. The molecule has 1 aliphatic carbocycles. The average molecular weight is 330 g/mol. The summed E-state index contributed by atoms with van der Waals surface area (Å²) in [4.78, 5) is 23.4. The second-order valence-corrected chi connectivity index (χ2v) is 6.61. The van der Waals surface area contributed by atoms with Gasteiger partial charge >= 0.3 is 6.09 Å². The molecule has 126 valence electrons. The van der Waals surface area contributed by atoms with E-state index in [4.69, 9.17) is 5.11 Å². The van der Waals surface area contributed by atoms with Crippen LogP contribution in [0.4, 0.5) is 10.5 Å². The Kier molecular flexibility index (Phi) is 3.40. The first kappa shape index (κ1) is 14.9. The Labute approximate surface area is 137 Å². The summed E-state index contributed by atoms with van der Waals surface area (Å²) >= 11 is 0. The van der Waals surface area contributed by atoms with Crippen LogP contribution in [0, 0.1) is 10.1 Å². The molecule has 0 atom stereocenters. The molecular weight excluding hydrogens is 312 g/mol.